The van der Waals surface area contributed by atoms with E-state index in [1.54, 1.807) is 0 Å². The van der Waals surface area contributed by atoms with Crippen molar-refractivity contribution in [3.63, 3.8) is 0 Å². The summed E-state index contributed by atoms with van der Waals surface area (Å²) in [5.41, 5.74) is 2.42. The van der Waals surface area contributed by atoms with Crippen LogP contribution in [0.4, 0.5) is 0 Å². The summed E-state index contributed by atoms with van der Waals surface area (Å²) >= 11 is 1.88. The lowest BCUT2D eigenvalue weighted by Crippen LogP contribution is -2.14. The van der Waals surface area contributed by atoms with Gasteiger partial charge in [0.1, 0.15) is 0 Å². The molecule has 0 aliphatic heterocycles. The molecular formula is C17H22N2S. The minimum atomic E-state index is 0.661. The van der Waals surface area contributed by atoms with Crippen LogP contribution in [-0.2, 0) is 13.0 Å². The molecule has 1 N–H and O–H groups in total. The van der Waals surface area contributed by atoms with Gasteiger partial charge in [0.05, 0.1) is 10.7 Å². The molecule has 0 saturated heterocycles. The van der Waals surface area contributed by atoms with Crippen molar-refractivity contribution in [3.8, 4) is 11.3 Å². The highest BCUT2D eigenvalue weighted by molar-refractivity contribution is 7.12. The van der Waals surface area contributed by atoms with Crippen LogP contribution in [-0.4, -0.2) is 11.0 Å². The second-order valence-corrected chi connectivity index (χ2v) is 7.17. The Labute approximate surface area is 125 Å². The van der Waals surface area contributed by atoms with Crippen molar-refractivity contribution in [1.29, 1.82) is 0 Å². The van der Waals surface area contributed by atoms with Gasteiger partial charge in [-0.15, -0.1) is 11.3 Å². The third-order valence-electron chi connectivity index (χ3n) is 3.50. The summed E-state index contributed by atoms with van der Waals surface area (Å²) in [6.45, 7) is 5.47. The van der Waals surface area contributed by atoms with Crippen LogP contribution in [0.3, 0.4) is 0 Å². The second kappa shape index (κ2) is 6.06. The highest BCUT2D eigenvalue weighted by Crippen LogP contribution is 2.30. The van der Waals surface area contributed by atoms with E-state index in [2.05, 4.69) is 49.5 Å². The van der Waals surface area contributed by atoms with Crippen LogP contribution < -0.4 is 5.32 Å². The summed E-state index contributed by atoms with van der Waals surface area (Å²) in [5.74, 6) is 0.661. The van der Waals surface area contributed by atoms with Gasteiger partial charge in [-0.25, -0.2) is 4.98 Å². The molecule has 3 rings (SSSR count). The molecule has 3 heteroatoms. The van der Waals surface area contributed by atoms with Crippen LogP contribution in [0, 0.1) is 5.92 Å². The summed E-state index contributed by atoms with van der Waals surface area (Å²) in [6.07, 6.45) is 3.74. The standard InChI is InChI=1S/C17H22N2S/c1-12(2)10-16-19-17(13-6-4-3-5-7-13)15(20-16)11-18-14-8-9-14/h3-7,12,14,18H,8-11H2,1-2H3. The Kier molecular flexibility index (Phi) is 4.18. The SMILES string of the molecule is CC(C)Cc1nc(-c2ccccc2)c(CNC2CC2)s1. The largest absolute Gasteiger partial charge is 0.309 e. The first kappa shape index (κ1) is 13.8. The summed E-state index contributed by atoms with van der Waals surface area (Å²) in [7, 11) is 0. The summed E-state index contributed by atoms with van der Waals surface area (Å²) in [6, 6.07) is 11.3. The third-order valence-corrected chi connectivity index (χ3v) is 4.58. The lowest BCUT2D eigenvalue weighted by Gasteiger charge is -2.03. The molecule has 2 nitrogen and oxygen atoms in total. The number of thiazole rings is 1. The van der Waals surface area contributed by atoms with Crippen LogP contribution in [0.15, 0.2) is 30.3 Å². The second-order valence-electron chi connectivity index (χ2n) is 6.00. The number of nitrogens with zero attached hydrogens (tertiary/aromatic N) is 1. The first-order valence-electron chi connectivity index (χ1n) is 7.49. The zero-order valence-electron chi connectivity index (χ0n) is 12.2. The molecule has 1 aromatic heterocycles. The van der Waals surface area contributed by atoms with E-state index < -0.39 is 0 Å². The molecular weight excluding hydrogens is 264 g/mol. The van der Waals surface area contributed by atoms with E-state index in [4.69, 9.17) is 4.98 Å². The Bertz CT molecular complexity index is 556. The molecule has 20 heavy (non-hydrogen) atoms. The van der Waals surface area contributed by atoms with Gasteiger partial charge in [-0.2, -0.15) is 0 Å². The Morgan fingerprint density at radius 2 is 2.00 bits per heavy atom. The highest BCUT2D eigenvalue weighted by atomic mass is 32.1. The number of benzene rings is 1. The van der Waals surface area contributed by atoms with Crippen LogP contribution in [0.2, 0.25) is 0 Å². The maximum absolute atomic E-state index is 4.90. The fraction of sp³-hybridized carbons (Fsp3) is 0.471. The van der Waals surface area contributed by atoms with E-state index in [0.29, 0.717) is 5.92 Å². The normalized spacial score (nSPS) is 14.9. The summed E-state index contributed by atoms with van der Waals surface area (Å²) in [5, 5.41) is 4.89. The zero-order valence-corrected chi connectivity index (χ0v) is 13.0. The van der Waals surface area contributed by atoms with Crippen LogP contribution in [0.1, 0.15) is 36.6 Å². The quantitative estimate of drug-likeness (QED) is 0.858. The predicted molar refractivity (Wildman–Crippen MR) is 86.0 cm³/mol. The van der Waals surface area contributed by atoms with Crippen molar-refractivity contribution in [3.05, 3.63) is 40.2 Å². The van der Waals surface area contributed by atoms with Gasteiger partial charge in [-0.05, 0) is 18.8 Å². The Hall–Kier alpha value is -1.19. The minimum absolute atomic E-state index is 0.661. The van der Waals surface area contributed by atoms with Gasteiger partial charge in [0, 0.05) is 29.4 Å². The molecule has 1 aliphatic rings. The lowest BCUT2D eigenvalue weighted by molar-refractivity contribution is 0.645. The molecule has 0 radical (unpaired) electrons. The number of nitrogens with one attached hydrogen (secondary N) is 1. The minimum Gasteiger partial charge on any atom is -0.309 e. The Balaban J connectivity index is 1.86. The fourth-order valence-corrected chi connectivity index (χ4v) is 3.56. The fourth-order valence-electron chi connectivity index (χ4n) is 2.30. The molecule has 0 spiro atoms. The zero-order chi connectivity index (χ0) is 13.9. The maximum Gasteiger partial charge on any atom is 0.0938 e. The third kappa shape index (κ3) is 3.47. The predicted octanol–water partition coefficient (Wildman–Crippen LogP) is 4.26. The van der Waals surface area contributed by atoms with E-state index in [-0.39, 0.29) is 0 Å². The van der Waals surface area contributed by atoms with Crippen molar-refractivity contribution in [2.75, 3.05) is 0 Å². The highest BCUT2D eigenvalue weighted by Gasteiger charge is 2.22. The molecule has 0 bridgehead atoms. The average molecular weight is 286 g/mol. The monoisotopic (exact) mass is 286 g/mol. The maximum atomic E-state index is 4.90. The Morgan fingerprint density at radius 1 is 1.25 bits per heavy atom. The molecule has 1 saturated carbocycles. The van der Waals surface area contributed by atoms with Crippen molar-refractivity contribution < 1.29 is 0 Å². The van der Waals surface area contributed by atoms with Crippen molar-refractivity contribution in [1.82, 2.24) is 10.3 Å². The number of rotatable bonds is 6. The van der Waals surface area contributed by atoms with E-state index >= 15 is 0 Å². The molecule has 2 aromatic rings. The van der Waals surface area contributed by atoms with Gasteiger partial charge in [0.2, 0.25) is 0 Å². The number of hydrogen-bond donors (Lipinski definition) is 1. The van der Waals surface area contributed by atoms with Gasteiger partial charge in [-0.3, -0.25) is 0 Å². The van der Waals surface area contributed by atoms with Crippen LogP contribution in [0.5, 0.6) is 0 Å². The molecule has 1 fully saturated rings. The summed E-state index contributed by atoms with van der Waals surface area (Å²) in [4.78, 5) is 6.29. The Morgan fingerprint density at radius 3 is 2.65 bits per heavy atom. The first-order valence-corrected chi connectivity index (χ1v) is 8.31. The molecule has 0 unspecified atom stereocenters. The van der Waals surface area contributed by atoms with Gasteiger partial charge in [-0.1, -0.05) is 44.2 Å². The van der Waals surface area contributed by atoms with Gasteiger partial charge >= 0.3 is 0 Å². The van der Waals surface area contributed by atoms with E-state index in [9.17, 15) is 0 Å². The van der Waals surface area contributed by atoms with E-state index in [0.717, 1.165) is 19.0 Å². The molecule has 1 aromatic carbocycles. The van der Waals surface area contributed by atoms with Gasteiger partial charge in [0.15, 0.2) is 0 Å². The first-order chi connectivity index (χ1) is 9.72. The van der Waals surface area contributed by atoms with Crippen molar-refractivity contribution >= 4 is 11.3 Å². The number of hydrogen-bond acceptors (Lipinski definition) is 3. The van der Waals surface area contributed by atoms with Crippen molar-refractivity contribution in [2.45, 2.75) is 45.7 Å². The van der Waals surface area contributed by atoms with Gasteiger partial charge < -0.3 is 5.32 Å². The van der Waals surface area contributed by atoms with Gasteiger partial charge in [0.25, 0.3) is 0 Å². The van der Waals surface area contributed by atoms with E-state index in [1.165, 1.54) is 34.0 Å². The summed E-state index contributed by atoms with van der Waals surface area (Å²) < 4.78 is 0. The molecule has 0 amide bonds. The van der Waals surface area contributed by atoms with Crippen LogP contribution >= 0.6 is 11.3 Å². The van der Waals surface area contributed by atoms with E-state index in [1.807, 2.05) is 11.3 Å². The van der Waals surface area contributed by atoms with Crippen LogP contribution in [0.25, 0.3) is 11.3 Å². The number of aromatic nitrogens is 1. The van der Waals surface area contributed by atoms with Crippen molar-refractivity contribution in [2.24, 2.45) is 5.92 Å². The molecule has 1 heterocycles. The average Bonchev–Trinajstić information content (AvgIpc) is 3.18. The lowest BCUT2D eigenvalue weighted by atomic mass is 10.1. The smallest absolute Gasteiger partial charge is 0.0938 e. The molecule has 1 aliphatic carbocycles. The topological polar surface area (TPSA) is 24.9 Å². The molecule has 0 atom stereocenters. The molecule has 106 valence electrons.